The third-order valence-electron chi connectivity index (χ3n) is 2.38. The number of halogens is 2. The predicted molar refractivity (Wildman–Crippen MR) is 73.0 cm³/mol. The van der Waals surface area contributed by atoms with Crippen molar-refractivity contribution in [1.82, 2.24) is 4.90 Å². The largest absolute Gasteiger partial charge is 0.480 e. The average Bonchev–Trinajstić information content (AvgIpc) is 2.36. The molecule has 19 heavy (non-hydrogen) atoms. The number of carbonyl (C=O) groups is 2. The molecule has 1 rings (SSSR count). The Hall–Kier alpha value is -1.69. The average molecular weight is 330 g/mol. The molecule has 0 saturated carbocycles. The summed E-state index contributed by atoms with van der Waals surface area (Å²) in [5, 5.41) is 8.65. The van der Waals surface area contributed by atoms with E-state index in [-0.39, 0.29) is 18.7 Å². The first-order chi connectivity index (χ1) is 8.93. The predicted octanol–water partition coefficient (Wildman–Crippen LogP) is 2.53. The minimum absolute atomic E-state index is 0.258. The van der Waals surface area contributed by atoms with E-state index in [1.54, 1.807) is 13.0 Å². The number of rotatable bonds is 5. The molecule has 4 nitrogen and oxygen atoms in total. The van der Waals surface area contributed by atoms with Crippen LogP contribution in [0.25, 0.3) is 6.08 Å². The highest BCUT2D eigenvalue weighted by Gasteiger charge is 2.12. The van der Waals surface area contributed by atoms with Gasteiger partial charge in [-0.2, -0.15) is 0 Å². The van der Waals surface area contributed by atoms with Crippen LogP contribution >= 0.6 is 15.9 Å². The van der Waals surface area contributed by atoms with Gasteiger partial charge in [0, 0.05) is 22.7 Å². The van der Waals surface area contributed by atoms with Crippen LogP contribution in [0.1, 0.15) is 12.5 Å². The Morgan fingerprint density at radius 3 is 2.74 bits per heavy atom. The molecular formula is C13H13BrFNO3. The normalized spacial score (nSPS) is 10.7. The van der Waals surface area contributed by atoms with Crippen molar-refractivity contribution in [3.8, 4) is 0 Å². The molecule has 0 aromatic heterocycles. The number of hydrogen-bond acceptors (Lipinski definition) is 2. The summed E-state index contributed by atoms with van der Waals surface area (Å²) in [5.74, 6) is -2.00. The lowest BCUT2D eigenvalue weighted by molar-refractivity contribution is -0.142. The first kappa shape index (κ1) is 15.4. The van der Waals surface area contributed by atoms with E-state index in [4.69, 9.17) is 5.11 Å². The van der Waals surface area contributed by atoms with Gasteiger partial charge >= 0.3 is 5.97 Å². The van der Waals surface area contributed by atoms with Crippen molar-refractivity contribution in [3.05, 3.63) is 40.1 Å². The van der Waals surface area contributed by atoms with Crippen molar-refractivity contribution in [1.29, 1.82) is 0 Å². The van der Waals surface area contributed by atoms with Crippen molar-refractivity contribution in [2.75, 3.05) is 13.1 Å². The molecule has 1 aromatic rings. The number of likely N-dealkylation sites (N-methyl/N-ethyl adjacent to an activating group) is 1. The van der Waals surface area contributed by atoms with E-state index in [1.165, 1.54) is 18.2 Å². The maximum absolute atomic E-state index is 13.4. The minimum atomic E-state index is -1.09. The summed E-state index contributed by atoms with van der Waals surface area (Å²) < 4.78 is 14.1. The molecule has 0 fully saturated rings. The highest BCUT2D eigenvalue weighted by atomic mass is 79.9. The van der Waals surface area contributed by atoms with Gasteiger partial charge < -0.3 is 10.0 Å². The summed E-state index contributed by atoms with van der Waals surface area (Å²) in [6.45, 7) is 1.57. The van der Waals surface area contributed by atoms with Crippen LogP contribution in [-0.4, -0.2) is 35.0 Å². The maximum Gasteiger partial charge on any atom is 0.323 e. The van der Waals surface area contributed by atoms with Crippen molar-refractivity contribution in [3.63, 3.8) is 0 Å². The van der Waals surface area contributed by atoms with Gasteiger partial charge in [-0.25, -0.2) is 4.39 Å². The maximum atomic E-state index is 13.4. The van der Waals surface area contributed by atoms with Crippen LogP contribution < -0.4 is 0 Å². The highest BCUT2D eigenvalue weighted by molar-refractivity contribution is 9.10. The summed E-state index contributed by atoms with van der Waals surface area (Å²) in [4.78, 5) is 23.4. The number of hydrogen-bond donors (Lipinski definition) is 1. The van der Waals surface area contributed by atoms with Crippen LogP contribution in [-0.2, 0) is 9.59 Å². The Bertz CT molecular complexity index is 517. The molecule has 102 valence electrons. The Balaban J connectivity index is 2.82. The van der Waals surface area contributed by atoms with Gasteiger partial charge in [-0.3, -0.25) is 9.59 Å². The molecule has 1 aromatic carbocycles. The fraction of sp³-hybridized carbons (Fsp3) is 0.231. The first-order valence-corrected chi connectivity index (χ1v) is 6.37. The van der Waals surface area contributed by atoms with E-state index in [0.29, 0.717) is 4.47 Å². The topological polar surface area (TPSA) is 57.6 Å². The van der Waals surface area contributed by atoms with E-state index in [9.17, 15) is 14.0 Å². The van der Waals surface area contributed by atoms with Crippen LogP contribution in [0.5, 0.6) is 0 Å². The molecule has 0 heterocycles. The molecule has 0 aliphatic heterocycles. The second-order valence-corrected chi connectivity index (χ2v) is 4.66. The van der Waals surface area contributed by atoms with E-state index >= 15 is 0 Å². The fourth-order valence-electron chi connectivity index (χ4n) is 1.42. The van der Waals surface area contributed by atoms with E-state index in [1.807, 2.05) is 0 Å². The standard InChI is InChI=1S/C13H13BrFNO3/c1-2-16(8-13(18)19)12(17)6-3-9-7-10(14)4-5-11(9)15/h3-7H,2,8H2,1H3,(H,18,19)/b6-3+. The molecule has 0 spiro atoms. The number of carboxylic acid groups (broad SMARTS) is 1. The molecule has 1 amide bonds. The van der Waals surface area contributed by atoms with Crippen molar-refractivity contribution < 1.29 is 19.1 Å². The lowest BCUT2D eigenvalue weighted by atomic mass is 10.2. The lowest BCUT2D eigenvalue weighted by Gasteiger charge is -2.15. The Kier molecular flexibility index (Phi) is 5.69. The van der Waals surface area contributed by atoms with Crippen LogP contribution in [0.3, 0.4) is 0 Å². The molecule has 0 aliphatic carbocycles. The second-order valence-electron chi connectivity index (χ2n) is 3.75. The zero-order valence-corrected chi connectivity index (χ0v) is 11.9. The molecule has 0 unspecified atom stereocenters. The van der Waals surface area contributed by atoms with Gasteiger partial charge in [-0.15, -0.1) is 0 Å². The van der Waals surface area contributed by atoms with Gasteiger partial charge in [-0.1, -0.05) is 15.9 Å². The number of amides is 1. The molecule has 6 heteroatoms. The Labute approximate surface area is 118 Å². The smallest absolute Gasteiger partial charge is 0.323 e. The molecule has 0 saturated heterocycles. The number of carboxylic acids is 1. The third-order valence-corrected chi connectivity index (χ3v) is 2.88. The van der Waals surface area contributed by atoms with Gasteiger partial charge in [0.05, 0.1) is 0 Å². The zero-order valence-electron chi connectivity index (χ0n) is 10.3. The van der Waals surface area contributed by atoms with Crippen molar-refractivity contribution >= 4 is 33.9 Å². The van der Waals surface area contributed by atoms with Crippen LogP contribution in [0.4, 0.5) is 4.39 Å². The summed E-state index contributed by atoms with van der Waals surface area (Å²) in [5.41, 5.74) is 0.258. The van der Waals surface area contributed by atoms with Gasteiger partial charge in [0.15, 0.2) is 0 Å². The Morgan fingerprint density at radius 2 is 2.16 bits per heavy atom. The first-order valence-electron chi connectivity index (χ1n) is 5.58. The SMILES string of the molecule is CCN(CC(=O)O)C(=O)/C=C/c1cc(Br)ccc1F. The highest BCUT2D eigenvalue weighted by Crippen LogP contribution is 2.16. The van der Waals surface area contributed by atoms with Gasteiger partial charge in [0.2, 0.25) is 5.91 Å². The third kappa shape index (κ3) is 4.82. The van der Waals surface area contributed by atoms with E-state index < -0.39 is 17.7 Å². The number of benzene rings is 1. The Morgan fingerprint density at radius 1 is 1.47 bits per heavy atom. The number of carbonyl (C=O) groups excluding carboxylic acids is 1. The number of aliphatic carboxylic acids is 1. The van der Waals surface area contributed by atoms with Crippen LogP contribution in [0.15, 0.2) is 28.7 Å². The summed E-state index contributed by atoms with van der Waals surface area (Å²) in [6.07, 6.45) is 2.49. The minimum Gasteiger partial charge on any atom is -0.480 e. The van der Waals surface area contributed by atoms with E-state index in [2.05, 4.69) is 15.9 Å². The molecule has 0 radical (unpaired) electrons. The summed E-state index contributed by atoms with van der Waals surface area (Å²) >= 11 is 3.21. The van der Waals surface area contributed by atoms with Gasteiger partial charge in [0.25, 0.3) is 0 Å². The van der Waals surface area contributed by atoms with E-state index in [0.717, 1.165) is 11.0 Å². The fourth-order valence-corrected chi connectivity index (χ4v) is 1.80. The molecule has 0 aliphatic rings. The van der Waals surface area contributed by atoms with Crippen LogP contribution in [0.2, 0.25) is 0 Å². The quantitative estimate of drug-likeness (QED) is 0.844. The van der Waals surface area contributed by atoms with Gasteiger partial charge in [0.1, 0.15) is 12.4 Å². The molecular weight excluding hydrogens is 317 g/mol. The monoisotopic (exact) mass is 329 g/mol. The van der Waals surface area contributed by atoms with Gasteiger partial charge in [-0.05, 0) is 31.2 Å². The number of nitrogens with zero attached hydrogens (tertiary/aromatic N) is 1. The lowest BCUT2D eigenvalue weighted by Crippen LogP contribution is -2.34. The van der Waals surface area contributed by atoms with Crippen molar-refractivity contribution in [2.45, 2.75) is 6.92 Å². The van der Waals surface area contributed by atoms with Crippen LogP contribution in [0, 0.1) is 5.82 Å². The molecule has 1 N–H and O–H groups in total. The summed E-state index contributed by atoms with van der Waals surface area (Å²) in [6, 6.07) is 4.37. The van der Waals surface area contributed by atoms with Crippen molar-refractivity contribution in [2.24, 2.45) is 0 Å². The molecule has 0 atom stereocenters. The second kappa shape index (κ2) is 7.04. The summed E-state index contributed by atoms with van der Waals surface area (Å²) in [7, 11) is 0. The zero-order chi connectivity index (χ0) is 14.4. The molecule has 0 bridgehead atoms.